The molecule has 27 heavy (non-hydrogen) atoms. The Morgan fingerprint density at radius 1 is 1.15 bits per heavy atom. The molecule has 0 saturated carbocycles. The number of furan rings is 1. The maximum Gasteiger partial charge on any atom is 0.255 e. The summed E-state index contributed by atoms with van der Waals surface area (Å²) in [4.78, 5) is 44.5. The molecule has 8 heteroatoms. The molecule has 1 saturated heterocycles. The first-order valence-corrected chi connectivity index (χ1v) is 8.84. The predicted molar refractivity (Wildman–Crippen MR) is 96.7 cm³/mol. The van der Waals surface area contributed by atoms with Gasteiger partial charge in [-0.1, -0.05) is 6.07 Å². The third-order valence-electron chi connectivity index (χ3n) is 4.50. The Morgan fingerprint density at radius 2 is 1.89 bits per heavy atom. The second-order valence-corrected chi connectivity index (χ2v) is 6.41. The molecule has 0 spiro atoms. The maximum absolute atomic E-state index is 12.5. The van der Waals surface area contributed by atoms with Crippen LogP contribution in [-0.4, -0.2) is 64.7 Å². The lowest BCUT2D eigenvalue weighted by Gasteiger charge is -2.36. The van der Waals surface area contributed by atoms with Gasteiger partial charge in [0.2, 0.25) is 11.8 Å². The first-order valence-electron chi connectivity index (χ1n) is 8.84. The molecule has 2 aromatic heterocycles. The van der Waals surface area contributed by atoms with Gasteiger partial charge in [0.1, 0.15) is 12.3 Å². The Hall–Kier alpha value is -3.16. The van der Waals surface area contributed by atoms with Gasteiger partial charge in [0.05, 0.1) is 18.2 Å². The molecule has 1 fully saturated rings. The highest BCUT2D eigenvalue weighted by molar-refractivity contribution is 5.97. The average molecular weight is 370 g/mol. The van der Waals surface area contributed by atoms with Gasteiger partial charge in [0, 0.05) is 38.1 Å². The molecule has 0 bridgehead atoms. The summed E-state index contributed by atoms with van der Waals surface area (Å²) in [6, 6.07) is 6.37. The SMILES string of the molecule is CC(NC(=O)c1ccoc1)C(=O)N1CCN(C(=O)Cc2ccccn2)CC1. The zero-order valence-electron chi connectivity index (χ0n) is 15.1. The number of nitrogens with one attached hydrogen (secondary N) is 1. The van der Waals surface area contributed by atoms with E-state index in [1.807, 2.05) is 18.2 Å². The summed E-state index contributed by atoms with van der Waals surface area (Å²) < 4.78 is 4.87. The summed E-state index contributed by atoms with van der Waals surface area (Å²) in [5.41, 5.74) is 1.11. The molecular formula is C19H22N4O4. The highest BCUT2D eigenvalue weighted by Gasteiger charge is 2.28. The van der Waals surface area contributed by atoms with E-state index < -0.39 is 6.04 Å². The van der Waals surface area contributed by atoms with Gasteiger partial charge in [-0.25, -0.2) is 0 Å². The molecule has 0 radical (unpaired) electrons. The third-order valence-corrected chi connectivity index (χ3v) is 4.50. The molecule has 0 aromatic carbocycles. The van der Waals surface area contributed by atoms with Crippen molar-refractivity contribution in [3.8, 4) is 0 Å². The van der Waals surface area contributed by atoms with Crippen LogP contribution in [0.25, 0.3) is 0 Å². The highest BCUT2D eigenvalue weighted by atomic mass is 16.3. The Bertz CT molecular complexity index is 783. The normalized spacial score (nSPS) is 15.3. The van der Waals surface area contributed by atoms with Gasteiger partial charge < -0.3 is 19.5 Å². The number of carbonyl (C=O) groups is 3. The van der Waals surface area contributed by atoms with Crippen LogP contribution in [0.1, 0.15) is 23.0 Å². The van der Waals surface area contributed by atoms with Crippen molar-refractivity contribution in [3.05, 3.63) is 54.2 Å². The van der Waals surface area contributed by atoms with Crippen LogP contribution in [0.4, 0.5) is 0 Å². The van der Waals surface area contributed by atoms with E-state index in [0.717, 1.165) is 5.69 Å². The number of aromatic nitrogens is 1. The average Bonchev–Trinajstić information content (AvgIpc) is 3.23. The van der Waals surface area contributed by atoms with Crippen molar-refractivity contribution in [2.45, 2.75) is 19.4 Å². The molecule has 8 nitrogen and oxygen atoms in total. The molecule has 3 amide bonds. The number of nitrogens with zero attached hydrogens (tertiary/aromatic N) is 3. The van der Waals surface area contributed by atoms with Crippen molar-refractivity contribution >= 4 is 17.7 Å². The van der Waals surface area contributed by atoms with Crippen LogP contribution in [0, 0.1) is 0 Å². The minimum absolute atomic E-state index is 0.00195. The van der Waals surface area contributed by atoms with Gasteiger partial charge in [-0.05, 0) is 25.1 Å². The number of amides is 3. The van der Waals surface area contributed by atoms with Gasteiger partial charge in [-0.15, -0.1) is 0 Å². The Morgan fingerprint density at radius 3 is 2.52 bits per heavy atom. The minimum Gasteiger partial charge on any atom is -0.472 e. The van der Waals surface area contributed by atoms with Crippen LogP contribution >= 0.6 is 0 Å². The van der Waals surface area contributed by atoms with Crippen LogP contribution in [0.2, 0.25) is 0 Å². The molecule has 1 aliphatic rings. The van der Waals surface area contributed by atoms with Crippen molar-refractivity contribution in [1.82, 2.24) is 20.1 Å². The van der Waals surface area contributed by atoms with Gasteiger partial charge in [0.25, 0.3) is 5.91 Å². The lowest BCUT2D eigenvalue weighted by atomic mass is 10.2. The third kappa shape index (κ3) is 4.72. The second kappa shape index (κ2) is 8.48. The summed E-state index contributed by atoms with van der Waals surface area (Å²) in [5, 5.41) is 2.67. The van der Waals surface area contributed by atoms with E-state index in [2.05, 4.69) is 10.3 Å². The topological polar surface area (TPSA) is 95.8 Å². The van der Waals surface area contributed by atoms with Gasteiger partial charge in [0.15, 0.2) is 0 Å². The molecule has 0 aliphatic carbocycles. The van der Waals surface area contributed by atoms with E-state index in [-0.39, 0.29) is 24.1 Å². The first kappa shape index (κ1) is 18.6. The van der Waals surface area contributed by atoms with Crippen LogP contribution in [0.15, 0.2) is 47.4 Å². The molecule has 1 unspecified atom stereocenters. The standard InChI is InChI=1S/C19H22N4O4/c1-14(21-18(25)15-5-11-27-13-15)19(26)23-9-7-22(8-10-23)17(24)12-16-4-2-3-6-20-16/h2-6,11,13-14H,7-10,12H2,1H3,(H,21,25). The van der Waals surface area contributed by atoms with E-state index in [9.17, 15) is 14.4 Å². The second-order valence-electron chi connectivity index (χ2n) is 6.41. The summed E-state index contributed by atoms with van der Waals surface area (Å²) in [6.45, 7) is 3.48. The van der Waals surface area contributed by atoms with Crippen molar-refractivity contribution in [1.29, 1.82) is 0 Å². The fourth-order valence-corrected chi connectivity index (χ4v) is 2.95. The van der Waals surface area contributed by atoms with E-state index >= 15 is 0 Å². The number of hydrogen-bond acceptors (Lipinski definition) is 5. The van der Waals surface area contributed by atoms with Gasteiger partial charge in [-0.2, -0.15) is 0 Å². The van der Waals surface area contributed by atoms with Gasteiger partial charge >= 0.3 is 0 Å². The zero-order valence-corrected chi connectivity index (χ0v) is 15.1. The van der Waals surface area contributed by atoms with Crippen LogP contribution in [-0.2, 0) is 16.0 Å². The lowest BCUT2D eigenvalue weighted by molar-refractivity contribution is -0.140. The van der Waals surface area contributed by atoms with E-state index in [4.69, 9.17) is 4.42 Å². The number of rotatable bonds is 5. The molecular weight excluding hydrogens is 348 g/mol. The van der Waals surface area contributed by atoms with Crippen LogP contribution in [0.3, 0.4) is 0 Å². The lowest BCUT2D eigenvalue weighted by Crippen LogP contribution is -2.55. The quantitative estimate of drug-likeness (QED) is 0.836. The monoisotopic (exact) mass is 370 g/mol. The first-order chi connectivity index (χ1) is 13.0. The number of carbonyl (C=O) groups excluding carboxylic acids is 3. The predicted octanol–water partition coefficient (Wildman–Crippen LogP) is 0.706. The molecule has 142 valence electrons. The van der Waals surface area contributed by atoms with E-state index in [0.29, 0.717) is 31.7 Å². The molecule has 1 atom stereocenters. The highest BCUT2D eigenvalue weighted by Crippen LogP contribution is 2.08. The smallest absolute Gasteiger partial charge is 0.255 e. The number of piperazine rings is 1. The summed E-state index contributed by atoms with van der Waals surface area (Å²) in [6.07, 6.45) is 4.66. The molecule has 3 heterocycles. The maximum atomic E-state index is 12.5. The Balaban J connectivity index is 1.47. The molecule has 3 rings (SSSR count). The summed E-state index contributed by atoms with van der Waals surface area (Å²) in [5.74, 6) is -0.514. The fraction of sp³-hybridized carbons (Fsp3) is 0.368. The molecule has 1 aliphatic heterocycles. The summed E-state index contributed by atoms with van der Waals surface area (Å²) in [7, 11) is 0. The number of pyridine rings is 1. The fourth-order valence-electron chi connectivity index (χ4n) is 2.95. The van der Waals surface area contributed by atoms with Crippen molar-refractivity contribution in [2.75, 3.05) is 26.2 Å². The number of hydrogen-bond donors (Lipinski definition) is 1. The van der Waals surface area contributed by atoms with Crippen molar-refractivity contribution in [2.24, 2.45) is 0 Å². The zero-order chi connectivity index (χ0) is 19.2. The van der Waals surface area contributed by atoms with E-state index in [1.54, 1.807) is 29.0 Å². The largest absolute Gasteiger partial charge is 0.472 e. The molecule has 2 aromatic rings. The molecule has 1 N–H and O–H groups in total. The van der Waals surface area contributed by atoms with E-state index in [1.165, 1.54) is 12.5 Å². The van der Waals surface area contributed by atoms with Crippen LogP contribution < -0.4 is 5.32 Å². The van der Waals surface area contributed by atoms with Gasteiger partial charge in [-0.3, -0.25) is 19.4 Å². The van der Waals surface area contributed by atoms with Crippen molar-refractivity contribution in [3.63, 3.8) is 0 Å². The van der Waals surface area contributed by atoms with Crippen LogP contribution in [0.5, 0.6) is 0 Å². The Kier molecular flexibility index (Phi) is 5.85. The summed E-state index contributed by atoms with van der Waals surface area (Å²) >= 11 is 0. The van der Waals surface area contributed by atoms with Crippen molar-refractivity contribution < 1.29 is 18.8 Å². The Labute approximate surface area is 157 Å². The minimum atomic E-state index is -0.650.